The van der Waals surface area contributed by atoms with Crippen LogP contribution in [0.5, 0.6) is 5.88 Å². The highest BCUT2D eigenvalue weighted by Crippen LogP contribution is 2.19. The number of hydrogen-bond donors (Lipinski definition) is 1. The average molecular weight is 316 g/mol. The maximum absolute atomic E-state index is 11.7. The molecule has 0 unspecified atom stereocenters. The monoisotopic (exact) mass is 316 g/mol. The molecule has 3 rings (SSSR count). The summed E-state index contributed by atoms with van der Waals surface area (Å²) < 4.78 is 10.6. The Balaban J connectivity index is 1.45. The van der Waals surface area contributed by atoms with E-state index in [4.69, 9.17) is 9.15 Å². The normalized spacial score (nSPS) is 14.5. The van der Waals surface area contributed by atoms with Gasteiger partial charge in [-0.3, -0.25) is 4.79 Å². The van der Waals surface area contributed by atoms with Crippen LogP contribution in [0.4, 0.5) is 5.82 Å². The van der Waals surface area contributed by atoms with Crippen LogP contribution in [-0.4, -0.2) is 42.1 Å². The summed E-state index contributed by atoms with van der Waals surface area (Å²) in [7, 11) is 0. The first-order valence-corrected chi connectivity index (χ1v) is 7.84. The lowest BCUT2D eigenvalue weighted by atomic mass is 10.1. The number of carbonyl (C=O) groups excluding carboxylic acids is 1. The first kappa shape index (κ1) is 15.3. The molecule has 1 fully saturated rings. The lowest BCUT2D eigenvalue weighted by Gasteiger charge is -2.27. The molecule has 122 valence electrons. The van der Waals surface area contributed by atoms with Crippen LogP contribution in [0.2, 0.25) is 0 Å². The van der Waals surface area contributed by atoms with Gasteiger partial charge in [-0.2, -0.15) is 0 Å². The molecule has 1 aliphatic rings. The number of piperidine rings is 1. The standard InChI is InChI=1S/C16H20N4O3/c21-16(13-5-4-9-22-13)17-6-10-23-15-11-14(18-12-19-15)20-7-2-1-3-8-20/h4-5,9,11-12H,1-3,6-8,10H2,(H,17,21). The highest BCUT2D eigenvalue weighted by molar-refractivity contribution is 5.91. The fourth-order valence-electron chi connectivity index (χ4n) is 2.52. The quantitative estimate of drug-likeness (QED) is 0.820. The van der Waals surface area contributed by atoms with Gasteiger partial charge >= 0.3 is 0 Å². The molecule has 1 aliphatic heterocycles. The zero-order valence-electron chi connectivity index (χ0n) is 12.9. The topological polar surface area (TPSA) is 80.5 Å². The Labute approximate surface area is 134 Å². The minimum Gasteiger partial charge on any atom is -0.476 e. The van der Waals surface area contributed by atoms with E-state index in [-0.39, 0.29) is 5.91 Å². The summed E-state index contributed by atoms with van der Waals surface area (Å²) in [6, 6.07) is 5.14. The predicted octanol–water partition coefficient (Wildman–Crippen LogP) is 1.87. The molecule has 1 amide bonds. The number of ether oxygens (including phenoxy) is 1. The van der Waals surface area contributed by atoms with Gasteiger partial charge in [-0.15, -0.1) is 0 Å². The molecule has 23 heavy (non-hydrogen) atoms. The SMILES string of the molecule is O=C(NCCOc1cc(N2CCCCC2)ncn1)c1ccco1. The van der Waals surface area contributed by atoms with E-state index < -0.39 is 0 Å². The summed E-state index contributed by atoms with van der Waals surface area (Å²) in [6.07, 6.45) is 6.65. The van der Waals surface area contributed by atoms with Crippen molar-refractivity contribution in [2.45, 2.75) is 19.3 Å². The molecule has 1 N–H and O–H groups in total. The molecular formula is C16H20N4O3. The van der Waals surface area contributed by atoms with Gasteiger partial charge in [0.15, 0.2) is 5.76 Å². The third kappa shape index (κ3) is 4.21. The fourth-order valence-corrected chi connectivity index (χ4v) is 2.52. The van der Waals surface area contributed by atoms with E-state index in [9.17, 15) is 4.79 Å². The second kappa shape index (κ2) is 7.62. The highest BCUT2D eigenvalue weighted by Gasteiger charge is 2.13. The molecule has 2 aromatic heterocycles. The minimum absolute atomic E-state index is 0.254. The molecule has 7 heteroatoms. The molecular weight excluding hydrogens is 296 g/mol. The number of furan rings is 1. The van der Waals surface area contributed by atoms with Crippen molar-refractivity contribution in [3.63, 3.8) is 0 Å². The van der Waals surface area contributed by atoms with Crippen molar-refractivity contribution in [2.24, 2.45) is 0 Å². The van der Waals surface area contributed by atoms with Crippen molar-refractivity contribution in [3.05, 3.63) is 36.5 Å². The molecule has 2 aromatic rings. The first-order valence-electron chi connectivity index (χ1n) is 7.84. The Bertz CT molecular complexity index is 624. The summed E-state index contributed by atoms with van der Waals surface area (Å²) in [6.45, 7) is 2.76. The van der Waals surface area contributed by atoms with Crippen molar-refractivity contribution in [1.82, 2.24) is 15.3 Å². The molecule has 3 heterocycles. The van der Waals surface area contributed by atoms with Crippen LogP contribution in [0.25, 0.3) is 0 Å². The second-order valence-electron chi connectivity index (χ2n) is 5.34. The highest BCUT2D eigenvalue weighted by atomic mass is 16.5. The van der Waals surface area contributed by atoms with E-state index in [0.717, 1.165) is 18.9 Å². The van der Waals surface area contributed by atoms with Crippen molar-refractivity contribution in [3.8, 4) is 5.88 Å². The van der Waals surface area contributed by atoms with Crippen LogP contribution in [0.1, 0.15) is 29.8 Å². The van der Waals surface area contributed by atoms with Gasteiger partial charge in [-0.25, -0.2) is 9.97 Å². The van der Waals surface area contributed by atoms with E-state index in [2.05, 4.69) is 20.2 Å². The zero-order valence-corrected chi connectivity index (χ0v) is 12.9. The van der Waals surface area contributed by atoms with Crippen LogP contribution in [0.3, 0.4) is 0 Å². The molecule has 1 saturated heterocycles. The smallest absolute Gasteiger partial charge is 0.287 e. The largest absolute Gasteiger partial charge is 0.476 e. The first-order chi connectivity index (χ1) is 11.3. The molecule has 0 saturated carbocycles. The number of nitrogens with one attached hydrogen (secondary N) is 1. The molecule has 0 aromatic carbocycles. The van der Waals surface area contributed by atoms with E-state index in [1.54, 1.807) is 12.1 Å². The van der Waals surface area contributed by atoms with E-state index in [0.29, 0.717) is 24.8 Å². The zero-order chi connectivity index (χ0) is 15.9. The maximum Gasteiger partial charge on any atom is 0.287 e. The van der Waals surface area contributed by atoms with Crippen LogP contribution in [0.15, 0.2) is 35.2 Å². The lowest BCUT2D eigenvalue weighted by molar-refractivity contribution is 0.0919. The molecule has 0 aliphatic carbocycles. The Kier molecular flexibility index (Phi) is 5.08. The number of anilines is 1. The summed E-state index contributed by atoms with van der Waals surface area (Å²) in [5.41, 5.74) is 0. The summed E-state index contributed by atoms with van der Waals surface area (Å²) in [4.78, 5) is 22.3. The average Bonchev–Trinajstić information content (AvgIpc) is 3.14. The van der Waals surface area contributed by atoms with Gasteiger partial charge < -0.3 is 19.4 Å². The van der Waals surface area contributed by atoms with Crippen molar-refractivity contribution in [1.29, 1.82) is 0 Å². The van der Waals surface area contributed by atoms with E-state index >= 15 is 0 Å². The summed E-state index contributed by atoms with van der Waals surface area (Å²) >= 11 is 0. The van der Waals surface area contributed by atoms with E-state index in [1.807, 2.05) is 6.07 Å². The van der Waals surface area contributed by atoms with Gasteiger partial charge in [0.05, 0.1) is 12.8 Å². The van der Waals surface area contributed by atoms with Gasteiger partial charge in [0, 0.05) is 19.2 Å². The van der Waals surface area contributed by atoms with Gasteiger partial charge in [-0.1, -0.05) is 0 Å². The van der Waals surface area contributed by atoms with E-state index in [1.165, 1.54) is 31.9 Å². The Morgan fingerprint density at radius 3 is 2.96 bits per heavy atom. The number of nitrogens with zero attached hydrogens (tertiary/aromatic N) is 3. The van der Waals surface area contributed by atoms with Crippen molar-refractivity contribution < 1.29 is 13.9 Å². The van der Waals surface area contributed by atoms with Gasteiger partial charge in [0.2, 0.25) is 5.88 Å². The third-order valence-electron chi connectivity index (χ3n) is 3.69. The summed E-state index contributed by atoms with van der Waals surface area (Å²) in [5, 5.41) is 2.72. The molecule has 0 atom stereocenters. The molecule has 7 nitrogen and oxygen atoms in total. The number of rotatable bonds is 6. The number of amides is 1. The fraction of sp³-hybridized carbons (Fsp3) is 0.438. The van der Waals surface area contributed by atoms with Crippen LogP contribution in [0, 0.1) is 0 Å². The molecule has 0 spiro atoms. The van der Waals surface area contributed by atoms with Gasteiger partial charge in [0.25, 0.3) is 5.91 Å². The number of carbonyl (C=O) groups is 1. The van der Waals surface area contributed by atoms with Crippen molar-refractivity contribution >= 4 is 11.7 Å². The maximum atomic E-state index is 11.7. The molecule has 0 bridgehead atoms. The number of aromatic nitrogens is 2. The summed E-state index contributed by atoms with van der Waals surface area (Å²) in [5.74, 6) is 1.46. The lowest BCUT2D eigenvalue weighted by Crippen LogP contribution is -2.30. The second-order valence-corrected chi connectivity index (χ2v) is 5.34. The Morgan fingerprint density at radius 2 is 2.17 bits per heavy atom. The Morgan fingerprint density at radius 1 is 1.30 bits per heavy atom. The number of hydrogen-bond acceptors (Lipinski definition) is 6. The predicted molar refractivity (Wildman–Crippen MR) is 84.6 cm³/mol. The minimum atomic E-state index is -0.254. The van der Waals surface area contributed by atoms with Crippen LogP contribution in [-0.2, 0) is 0 Å². The molecule has 0 radical (unpaired) electrons. The van der Waals surface area contributed by atoms with Gasteiger partial charge in [0.1, 0.15) is 18.8 Å². The van der Waals surface area contributed by atoms with Crippen LogP contribution < -0.4 is 15.0 Å². The van der Waals surface area contributed by atoms with Crippen LogP contribution >= 0.6 is 0 Å². The van der Waals surface area contributed by atoms with Crippen molar-refractivity contribution in [2.75, 3.05) is 31.1 Å². The van der Waals surface area contributed by atoms with Gasteiger partial charge in [-0.05, 0) is 31.4 Å². The third-order valence-corrected chi connectivity index (χ3v) is 3.69. The Hall–Kier alpha value is -2.57.